The first kappa shape index (κ1) is 15.4. The van der Waals surface area contributed by atoms with Gasteiger partial charge in [0.15, 0.2) is 0 Å². The minimum atomic E-state index is 0.149. The van der Waals surface area contributed by atoms with Crippen molar-refractivity contribution >= 4 is 0 Å². The van der Waals surface area contributed by atoms with Crippen molar-refractivity contribution < 1.29 is 9.47 Å². The molecule has 4 rings (SSSR count). The number of allylic oxidation sites excluding steroid dienone is 1. The molecule has 1 heterocycles. The monoisotopic (exact) mass is 312 g/mol. The Labute approximate surface area is 139 Å². The lowest BCUT2D eigenvalue weighted by atomic mass is 9.60. The molecule has 2 nitrogen and oxygen atoms in total. The summed E-state index contributed by atoms with van der Waals surface area (Å²) >= 11 is 0. The molecule has 0 radical (unpaired) electrons. The summed E-state index contributed by atoms with van der Waals surface area (Å²) in [6.45, 7) is 9.62. The molecule has 0 unspecified atom stereocenters. The van der Waals surface area contributed by atoms with Crippen LogP contribution in [0, 0.1) is 17.8 Å². The third kappa shape index (κ3) is 2.77. The van der Waals surface area contributed by atoms with Gasteiger partial charge in [0.25, 0.3) is 0 Å². The highest BCUT2D eigenvalue weighted by molar-refractivity contribution is 5.20. The predicted molar refractivity (Wildman–Crippen MR) is 92.0 cm³/mol. The molecule has 0 N–H and O–H groups in total. The van der Waals surface area contributed by atoms with E-state index in [0.717, 1.165) is 6.42 Å². The second kappa shape index (κ2) is 5.75. The molecule has 2 aliphatic carbocycles. The van der Waals surface area contributed by atoms with Gasteiger partial charge in [-0.05, 0) is 62.8 Å². The van der Waals surface area contributed by atoms with Gasteiger partial charge in [0.2, 0.25) is 0 Å². The van der Waals surface area contributed by atoms with Crippen LogP contribution in [0.25, 0.3) is 0 Å². The lowest BCUT2D eigenvalue weighted by molar-refractivity contribution is -0.0325. The third-order valence-electron chi connectivity index (χ3n) is 6.48. The zero-order valence-electron chi connectivity index (χ0n) is 14.3. The fraction of sp³-hybridized carbons (Fsp3) is 0.619. The number of hydrogen-bond acceptors (Lipinski definition) is 2. The molecule has 3 aliphatic rings. The van der Waals surface area contributed by atoms with Crippen molar-refractivity contribution in [3.63, 3.8) is 0 Å². The molecular weight excluding hydrogens is 284 g/mol. The zero-order valence-corrected chi connectivity index (χ0v) is 14.3. The normalized spacial score (nSPS) is 40.2. The maximum Gasteiger partial charge on any atom is 0.0923 e. The van der Waals surface area contributed by atoms with Crippen molar-refractivity contribution in [3.05, 3.63) is 48.0 Å². The Morgan fingerprint density at radius 2 is 2.09 bits per heavy atom. The SMILES string of the molecule is C=C1CC[C@H]([C@@H](C)OCc2ccccc2)[C@@H]2[C@@H]1CC[C@@]1(C)O[C@@H]21. The lowest BCUT2D eigenvalue weighted by Crippen LogP contribution is -2.44. The molecule has 124 valence electrons. The van der Waals surface area contributed by atoms with Crippen molar-refractivity contribution in [2.45, 2.75) is 63.9 Å². The Kier molecular flexibility index (Phi) is 3.85. The van der Waals surface area contributed by atoms with Crippen molar-refractivity contribution in [1.29, 1.82) is 0 Å². The van der Waals surface area contributed by atoms with E-state index in [2.05, 4.69) is 50.8 Å². The molecule has 2 saturated carbocycles. The van der Waals surface area contributed by atoms with E-state index in [1.54, 1.807) is 0 Å². The third-order valence-corrected chi connectivity index (χ3v) is 6.48. The summed E-state index contributed by atoms with van der Waals surface area (Å²) in [4.78, 5) is 0. The van der Waals surface area contributed by atoms with Crippen LogP contribution in [0.15, 0.2) is 42.5 Å². The summed E-state index contributed by atoms with van der Waals surface area (Å²) in [7, 11) is 0. The molecule has 2 heteroatoms. The second-order valence-electron chi connectivity index (χ2n) is 7.94. The molecular formula is C21H28O2. The molecule has 23 heavy (non-hydrogen) atoms. The smallest absolute Gasteiger partial charge is 0.0923 e. The van der Waals surface area contributed by atoms with E-state index in [1.807, 2.05) is 0 Å². The van der Waals surface area contributed by atoms with E-state index >= 15 is 0 Å². The number of hydrogen-bond donors (Lipinski definition) is 0. The summed E-state index contributed by atoms with van der Waals surface area (Å²) < 4.78 is 12.4. The van der Waals surface area contributed by atoms with Crippen LogP contribution >= 0.6 is 0 Å². The molecule has 0 spiro atoms. The van der Waals surface area contributed by atoms with Crippen molar-refractivity contribution in [2.75, 3.05) is 0 Å². The molecule has 1 aliphatic heterocycles. The van der Waals surface area contributed by atoms with Crippen LogP contribution in [0.1, 0.15) is 45.1 Å². The summed E-state index contributed by atoms with van der Waals surface area (Å²) in [5.41, 5.74) is 2.86. The van der Waals surface area contributed by atoms with Gasteiger partial charge in [0.05, 0.1) is 24.4 Å². The van der Waals surface area contributed by atoms with Crippen LogP contribution in [-0.4, -0.2) is 17.8 Å². The zero-order chi connectivity index (χ0) is 16.0. The van der Waals surface area contributed by atoms with E-state index in [0.29, 0.717) is 30.5 Å². The van der Waals surface area contributed by atoms with E-state index < -0.39 is 0 Å². The number of rotatable bonds is 4. The van der Waals surface area contributed by atoms with E-state index in [9.17, 15) is 0 Å². The molecule has 6 atom stereocenters. The Morgan fingerprint density at radius 1 is 1.30 bits per heavy atom. The van der Waals surface area contributed by atoms with E-state index in [4.69, 9.17) is 9.47 Å². The van der Waals surface area contributed by atoms with Crippen LogP contribution in [-0.2, 0) is 16.1 Å². The lowest BCUT2D eigenvalue weighted by Gasteiger charge is -2.44. The first-order valence-corrected chi connectivity index (χ1v) is 9.09. The number of epoxide rings is 1. The predicted octanol–water partition coefficient (Wildman–Crippen LogP) is 4.74. The summed E-state index contributed by atoms with van der Waals surface area (Å²) in [6.07, 6.45) is 5.52. The highest BCUT2D eigenvalue weighted by Crippen LogP contribution is 2.59. The van der Waals surface area contributed by atoms with Crippen LogP contribution in [0.3, 0.4) is 0 Å². The van der Waals surface area contributed by atoms with Crippen LogP contribution in [0.4, 0.5) is 0 Å². The van der Waals surface area contributed by atoms with Gasteiger partial charge in [-0.2, -0.15) is 0 Å². The Hall–Kier alpha value is -1.12. The van der Waals surface area contributed by atoms with Crippen molar-refractivity contribution in [1.82, 2.24) is 0 Å². The second-order valence-corrected chi connectivity index (χ2v) is 7.94. The van der Waals surface area contributed by atoms with Gasteiger partial charge in [0.1, 0.15) is 0 Å². The Balaban J connectivity index is 1.45. The van der Waals surface area contributed by atoms with Crippen LogP contribution in [0.2, 0.25) is 0 Å². The molecule has 0 bridgehead atoms. The Bertz CT molecular complexity index is 581. The fourth-order valence-electron chi connectivity index (χ4n) is 4.99. The first-order chi connectivity index (χ1) is 11.1. The number of ether oxygens (including phenoxy) is 2. The highest BCUT2D eigenvalue weighted by atomic mass is 16.6. The quantitative estimate of drug-likeness (QED) is 0.591. The maximum atomic E-state index is 6.27. The van der Waals surface area contributed by atoms with Gasteiger partial charge in [-0.25, -0.2) is 0 Å². The molecule has 1 aromatic carbocycles. The molecule has 1 aromatic rings. The standard InChI is InChI=1S/C21H28O2/c1-14-9-10-18(15(2)22-13-16-7-5-4-6-8-16)19-17(14)11-12-21(3)20(19)23-21/h4-8,15,17-20H,1,9-13H2,2-3H3/t15-,17-,18-,19+,20+,21-/m1/s1. The summed E-state index contributed by atoms with van der Waals surface area (Å²) in [5, 5.41) is 0. The molecule has 3 fully saturated rings. The van der Waals surface area contributed by atoms with Crippen molar-refractivity contribution in [3.8, 4) is 0 Å². The summed E-state index contributed by atoms with van der Waals surface area (Å²) in [6, 6.07) is 10.5. The van der Waals surface area contributed by atoms with Crippen LogP contribution in [0.5, 0.6) is 0 Å². The fourth-order valence-corrected chi connectivity index (χ4v) is 4.99. The summed E-state index contributed by atoms with van der Waals surface area (Å²) in [5.74, 6) is 1.86. The molecule has 1 saturated heterocycles. The van der Waals surface area contributed by atoms with E-state index in [1.165, 1.54) is 30.4 Å². The average Bonchev–Trinajstić information content (AvgIpc) is 3.26. The maximum absolute atomic E-state index is 6.27. The average molecular weight is 312 g/mol. The largest absolute Gasteiger partial charge is 0.374 e. The first-order valence-electron chi connectivity index (χ1n) is 9.09. The van der Waals surface area contributed by atoms with Crippen molar-refractivity contribution in [2.24, 2.45) is 17.8 Å². The van der Waals surface area contributed by atoms with Gasteiger partial charge in [0, 0.05) is 0 Å². The minimum Gasteiger partial charge on any atom is -0.374 e. The Morgan fingerprint density at radius 3 is 2.87 bits per heavy atom. The van der Waals surface area contributed by atoms with Gasteiger partial charge >= 0.3 is 0 Å². The van der Waals surface area contributed by atoms with Gasteiger partial charge < -0.3 is 9.47 Å². The van der Waals surface area contributed by atoms with E-state index in [-0.39, 0.29) is 11.7 Å². The molecule has 0 amide bonds. The number of fused-ring (bicyclic) bond motifs is 3. The highest BCUT2D eigenvalue weighted by Gasteiger charge is 2.63. The minimum absolute atomic E-state index is 0.149. The van der Waals surface area contributed by atoms with Crippen LogP contribution < -0.4 is 0 Å². The topological polar surface area (TPSA) is 21.8 Å². The van der Waals surface area contributed by atoms with Gasteiger partial charge in [-0.3, -0.25) is 0 Å². The van der Waals surface area contributed by atoms with Gasteiger partial charge in [-0.1, -0.05) is 42.5 Å². The number of benzene rings is 1. The van der Waals surface area contributed by atoms with Gasteiger partial charge in [-0.15, -0.1) is 0 Å². The molecule has 0 aromatic heterocycles.